The Morgan fingerprint density at radius 1 is 1.69 bits per heavy atom. The maximum atomic E-state index is 11.2. The number of aromatic nitrogens is 1. The molecule has 1 rings (SSSR count). The molecule has 0 aliphatic heterocycles. The standard InChI is InChI=1S/C9H9N3O/c1-7-2-3-8(12-6-7)9(13)11-5-4-10/h2-3,6H,5H2,1H3,(H,11,13). The monoisotopic (exact) mass is 175 g/mol. The third-order valence-electron chi connectivity index (χ3n) is 1.47. The Morgan fingerprint density at radius 2 is 2.46 bits per heavy atom. The quantitative estimate of drug-likeness (QED) is 0.671. The Labute approximate surface area is 76.2 Å². The molecule has 4 heteroatoms. The van der Waals surface area contributed by atoms with Gasteiger partial charge in [0.1, 0.15) is 12.2 Å². The molecule has 0 aromatic carbocycles. The van der Waals surface area contributed by atoms with Gasteiger partial charge in [-0.25, -0.2) is 0 Å². The first-order valence-electron chi connectivity index (χ1n) is 3.82. The highest BCUT2D eigenvalue weighted by molar-refractivity contribution is 5.92. The number of rotatable bonds is 2. The first-order valence-corrected chi connectivity index (χ1v) is 3.82. The number of hydrogen-bond acceptors (Lipinski definition) is 3. The Kier molecular flexibility index (Phi) is 2.98. The van der Waals surface area contributed by atoms with Crippen LogP contribution in [0.3, 0.4) is 0 Å². The summed E-state index contributed by atoms with van der Waals surface area (Å²) in [4.78, 5) is 15.1. The van der Waals surface area contributed by atoms with Crippen molar-refractivity contribution >= 4 is 5.91 Å². The Morgan fingerprint density at radius 3 is 3.00 bits per heavy atom. The minimum Gasteiger partial charge on any atom is -0.338 e. The maximum absolute atomic E-state index is 11.2. The second kappa shape index (κ2) is 4.21. The van der Waals surface area contributed by atoms with E-state index in [0.29, 0.717) is 5.69 Å². The summed E-state index contributed by atoms with van der Waals surface area (Å²) in [7, 11) is 0. The molecule has 0 aliphatic carbocycles. The molecule has 1 N–H and O–H groups in total. The smallest absolute Gasteiger partial charge is 0.270 e. The van der Waals surface area contributed by atoms with E-state index in [1.54, 1.807) is 18.3 Å². The van der Waals surface area contributed by atoms with Gasteiger partial charge in [-0.05, 0) is 18.6 Å². The molecule has 0 radical (unpaired) electrons. The van der Waals surface area contributed by atoms with Crippen LogP contribution in [0.2, 0.25) is 0 Å². The minimum absolute atomic E-state index is 0.00832. The molecule has 1 aromatic rings. The predicted molar refractivity (Wildman–Crippen MR) is 46.9 cm³/mol. The van der Waals surface area contributed by atoms with Crippen molar-refractivity contribution < 1.29 is 4.79 Å². The molecular weight excluding hydrogens is 166 g/mol. The molecule has 0 bridgehead atoms. The van der Waals surface area contributed by atoms with Crippen LogP contribution < -0.4 is 5.32 Å². The lowest BCUT2D eigenvalue weighted by Gasteiger charge is -1.99. The summed E-state index contributed by atoms with van der Waals surface area (Å²) in [5, 5.41) is 10.6. The predicted octanol–water partition coefficient (Wildman–Crippen LogP) is 0.643. The lowest BCUT2D eigenvalue weighted by Crippen LogP contribution is -2.24. The van der Waals surface area contributed by atoms with E-state index >= 15 is 0 Å². The second-order valence-corrected chi connectivity index (χ2v) is 2.56. The number of hydrogen-bond donors (Lipinski definition) is 1. The van der Waals surface area contributed by atoms with Gasteiger partial charge in [0.2, 0.25) is 0 Å². The summed E-state index contributed by atoms with van der Waals surface area (Å²) < 4.78 is 0. The minimum atomic E-state index is -0.318. The van der Waals surface area contributed by atoms with Crippen LogP contribution in [0.25, 0.3) is 0 Å². The molecule has 66 valence electrons. The number of amides is 1. The van der Waals surface area contributed by atoms with Gasteiger partial charge in [0.25, 0.3) is 5.91 Å². The molecule has 4 nitrogen and oxygen atoms in total. The van der Waals surface area contributed by atoms with E-state index in [-0.39, 0.29) is 12.5 Å². The summed E-state index contributed by atoms with van der Waals surface area (Å²) in [5.41, 5.74) is 1.33. The number of nitrogens with one attached hydrogen (secondary N) is 1. The fraction of sp³-hybridized carbons (Fsp3) is 0.222. The molecule has 0 saturated heterocycles. The van der Waals surface area contributed by atoms with Crippen LogP contribution in [0, 0.1) is 18.3 Å². The first kappa shape index (κ1) is 9.20. The van der Waals surface area contributed by atoms with Crippen molar-refractivity contribution in [2.45, 2.75) is 6.92 Å². The zero-order valence-electron chi connectivity index (χ0n) is 7.24. The average molecular weight is 175 g/mol. The van der Waals surface area contributed by atoms with Crippen LogP contribution in [0.1, 0.15) is 16.1 Å². The normalized spacial score (nSPS) is 8.92. The van der Waals surface area contributed by atoms with Gasteiger partial charge in [-0.3, -0.25) is 9.78 Å². The van der Waals surface area contributed by atoms with Crippen LogP contribution in [0.4, 0.5) is 0 Å². The number of pyridine rings is 1. The van der Waals surface area contributed by atoms with Crippen molar-refractivity contribution in [3.05, 3.63) is 29.6 Å². The molecule has 0 saturated carbocycles. The maximum Gasteiger partial charge on any atom is 0.270 e. The molecule has 0 spiro atoms. The lowest BCUT2D eigenvalue weighted by molar-refractivity contribution is 0.0953. The summed E-state index contributed by atoms with van der Waals surface area (Å²) in [6.45, 7) is 1.90. The van der Waals surface area contributed by atoms with Crippen molar-refractivity contribution in [1.29, 1.82) is 5.26 Å². The van der Waals surface area contributed by atoms with Crippen LogP contribution in [-0.2, 0) is 0 Å². The largest absolute Gasteiger partial charge is 0.338 e. The SMILES string of the molecule is Cc1ccc(C(=O)NCC#N)nc1. The van der Waals surface area contributed by atoms with Crippen LogP contribution in [0.15, 0.2) is 18.3 Å². The molecule has 13 heavy (non-hydrogen) atoms. The van der Waals surface area contributed by atoms with Crippen molar-refractivity contribution in [3.63, 3.8) is 0 Å². The van der Waals surface area contributed by atoms with Crippen molar-refractivity contribution in [1.82, 2.24) is 10.3 Å². The fourth-order valence-electron chi connectivity index (χ4n) is 0.812. The highest BCUT2D eigenvalue weighted by Crippen LogP contribution is 1.97. The molecule has 0 unspecified atom stereocenters. The van der Waals surface area contributed by atoms with E-state index in [1.165, 1.54) is 0 Å². The number of aryl methyl sites for hydroxylation is 1. The molecular formula is C9H9N3O. The highest BCUT2D eigenvalue weighted by Gasteiger charge is 2.04. The van der Waals surface area contributed by atoms with E-state index < -0.39 is 0 Å². The van der Waals surface area contributed by atoms with Crippen molar-refractivity contribution in [2.24, 2.45) is 0 Å². The summed E-state index contributed by atoms with van der Waals surface area (Å²) in [5.74, 6) is -0.318. The average Bonchev–Trinajstić information content (AvgIpc) is 2.15. The van der Waals surface area contributed by atoms with Crippen LogP contribution in [0.5, 0.6) is 0 Å². The van der Waals surface area contributed by atoms with Crippen LogP contribution in [-0.4, -0.2) is 17.4 Å². The Bertz CT molecular complexity index is 337. The molecule has 1 amide bonds. The van der Waals surface area contributed by atoms with Gasteiger partial charge in [-0.2, -0.15) is 5.26 Å². The third kappa shape index (κ3) is 2.56. The van der Waals surface area contributed by atoms with Crippen molar-refractivity contribution in [2.75, 3.05) is 6.54 Å². The Balaban J connectivity index is 2.68. The van der Waals surface area contributed by atoms with E-state index in [4.69, 9.17) is 5.26 Å². The summed E-state index contributed by atoms with van der Waals surface area (Å²) in [6.07, 6.45) is 1.61. The van der Waals surface area contributed by atoms with Gasteiger partial charge in [0.05, 0.1) is 6.07 Å². The number of carbonyl (C=O) groups excluding carboxylic acids is 1. The molecule has 0 atom stereocenters. The van der Waals surface area contributed by atoms with E-state index in [2.05, 4.69) is 10.3 Å². The molecule has 0 aliphatic rings. The van der Waals surface area contributed by atoms with E-state index in [0.717, 1.165) is 5.56 Å². The lowest BCUT2D eigenvalue weighted by atomic mass is 10.2. The van der Waals surface area contributed by atoms with Gasteiger partial charge >= 0.3 is 0 Å². The van der Waals surface area contributed by atoms with Gasteiger partial charge in [-0.1, -0.05) is 6.07 Å². The van der Waals surface area contributed by atoms with Gasteiger partial charge in [0, 0.05) is 6.20 Å². The van der Waals surface area contributed by atoms with Crippen molar-refractivity contribution in [3.8, 4) is 6.07 Å². The third-order valence-corrected chi connectivity index (χ3v) is 1.47. The van der Waals surface area contributed by atoms with Crippen LogP contribution >= 0.6 is 0 Å². The summed E-state index contributed by atoms with van der Waals surface area (Å²) in [6, 6.07) is 5.25. The number of nitrogens with zero attached hydrogens (tertiary/aromatic N) is 2. The highest BCUT2D eigenvalue weighted by atomic mass is 16.1. The summed E-state index contributed by atoms with van der Waals surface area (Å²) >= 11 is 0. The first-order chi connectivity index (χ1) is 6.24. The molecule has 1 heterocycles. The second-order valence-electron chi connectivity index (χ2n) is 2.56. The van der Waals surface area contributed by atoms with E-state index in [1.807, 2.05) is 13.0 Å². The van der Waals surface area contributed by atoms with E-state index in [9.17, 15) is 4.79 Å². The number of nitriles is 1. The van der Waals surface area contributed by atoms with Gasteiger partial charge < -0.3 is 5.32 Å². The molecule has 0 fully saturated rings. The number of carbonyl (C=O) groups is 1. The van der Waals surface area contributed by atoms with Gasteiger partial charge in [0.15, 0.2) is 0 Å². The zero-order chi connectivity index (χ0) is 9.68. The Hall–Kier alpha value is -1.89. The fourth-order valence-corrected chi connectivity index (χ4v) is 0.812. The van der Waals surface area contributed by atoms with Gasteiger partial charge in [-0.15, -0.1) is 0 Å². The zero-order valence-corrected chi connectivity index (χ0v) is 7.24. The topological polar surface area (TPSA) is 65.8 Å². The molecule has 1 aromatic heterocycles.